The normalized spacial score (nSPS) is 14.1. The van der Waals surface area contributed by atoms with Gasteiger partial charge in [-0.15, -0.1) is 0 Å². The summed E-state index contributed by atoms with van der Waals surface area (Å²) in [6.45, 7) is 0. The van der Waals surface area contributed by atoms with Crippen molar-refractivity contribution in [3.8, 4) is 0 Å². The molecule has 5 heteroatoms. The van der Waals surface area contributed by atoms with Crippen LogP contribution in [0.4, 0.5) is 5.82 Å². The number of carbonyl (C=O) groups is 1. The molecule has 0 saturated carbocycles. The van der Waals surface area contributed by atoms with Gasteiger partial charge in [-0.1, -0.05) is 35.9 Å². The quantitative estimate of drug-likeness (QED) is 0.890. The first kappa shape index (κ1) is 12.9. The van der Waals surface area contributed by atoms with Crippen LogP contribution in [0, 0.1) is 0 Å². The molecule has 4 nitrogen and oxygen atoms in total. The van der Waals surface area contributed by atoms with Gasteiger partial charge in [0.15, 0.2) is 0 Å². The lowest BCUT2D eigenvalue weighted by Gasteiger charge is -2.13. The minimum atomic E-state index is -0.207. The van der Waals surface area contributed by atoms with E-state index in [1.165, 1.54) is 23.4 Å². The number of nitrogens with one attached hydrogen (secondary N) is 1. The van der Waals surface area contributed by atoms with Crippen LogP contribution in [0.2, 0.25) is 5.02 Å². The molecule has 20 heavy (non-hydrogen) atoms. The van der Waals surface area contributed by atoms with Gasteiger partial charge < -0.3 is 11.1 Å². The number of hydrogen-bond donors (Lipinski definition) is 2. The second-order valence-corrected chi connectivity index (χ2v) is 5.34. The van der Waals surface area contributed by atoms with Crippen LogP contribution >= 0.6 is 11.6 Å². The lowest BCUT2D eigenvalue weighted by Crippen LogP contribution is -2.35. The zero-order valence-electron chi connectivity index (χ0n) is 10.8. The number of carbonyl (C=O) groups excluding carboxylic acids is 1. The van der Waals surface area contributed by atoms with Crippen molar-refractivity contribution in [2.24, 2.45) is 0 Å². The number of amides is 1. The van der Waals surface area contributed by atoms with Crippen molar-refractivity contribution in [1.82, 2.24) is 10.3 Å². The number of hydrogen-bond acceptors (Lipinski definition) is 3. The summed E-state index contributed by atoms with van der Waals surface area (Å²) in [6, 6.07) is 9.83. The van der Waals surface area contributed by atoms with Gasteiger partial charge in [0.1, 0.15) is 5.82 Å². The second-order valence-electron chi connectivity index (χ2n) is 4.94. The number of pyridine rings is 1. The minimum Gasteiger partial charge on any atom is -0.384 e. The largest absolute Gasteiger partial charge is 0.384 e. The zero-order chi connectivity index (χ0) is 14.1. The number of nitrogen functional groups attached to an aromatic ring is 1. The molecule has 0 atom stereocenters. The molecule has 1 aliphatic carbocycles. The van der Waals surface area contributed by atoms with Gasteiger partial charge in [-0.2, -0.15) is 0 Å². The van der Waals surface area contributed by atoms with Crippen molar-refractivity contribution in [3.05, 3.63) is 58.2 Å². The molecule has 102 valence electrons. The Morgan fingerprint density at radius 1 is 1.30 bits per heavy atom. The van der Waals surface area contributed by atoms with Crippen LogP contribution in [0.5, 0.6) is 0 Å². The zero-order valence-corrected chi connectivity index (χ0v) is 11.5. The number of aromatic nitrogens is 1. The summed E-state index contributed by atoms with van der Waals surface area (Å²) in [5, 5.41) is 3.32. The number of halogens is 1. The Labute approximate surface area is 122 Å². The predicted molar refractivity (Wildman–Crippen MR) is 78.8 cm³/mol. The first-order valence-electron chi connectivity index (χ1n) is 6.42. The van der Waals surface area contributed by atoms with E-state index in [2.05, 4.69) is 22.4 Å². The topological polar surface area (TPSA) is 68.0 Å². The summed E-state index contributed by atoms with van der Waals surface area (Å²) >= 11 is 5.99. The summed E-state index contributed by atoms with van der Waals surface area (Å²) in [6.07, 6.45) is 3.09. The Balaban J connectivity index is 1.74. The van der Waals surface area contributed by atoms with Gasteiger partial charge in [0.05, 0.1) is 10.6 Å². The van der Waals surface area contributed by atoms with E-state index in [1.54, 1.807) is 0 Å². The van der Waals surface area contributed by atoms with Crippen molar-refractivity contribution in [3.63, 3.8) is 0 Å². The third-order valence-corrected chi connectivity index (χ3v) is 3.81. The predicted octanol–water partition coefficient (Wildman–Crippen LogP) is 2.21. The van der Waals surface area contributed by atoms with Crippen molar-refractivity contribution in [1.29, 1.82) is 0 Å². The van der Waals surface area contributed by atoms with E-state index in [1.807, 2.05) is 12.1 Å². The Bertz CT molecular complexity index is 647. The van der Waals surface area contributed by atoms with Gasteiger partial charge in [-0.3, -0.25) is 4.79 Å². The van der Waals surface area contributed by atoms with Gasteiger partial charge in [0, 0.05) is 12.2 Å². The molecule has 0 unspecified atom stereocenters. The fourth-order valence-electron chi connectivity index (χ4n) is 2.55. The average molecular weight is 288 g/mol. The molecule has 2 aromatic rings. The van der Waals surface area contributed by atoms with Gasteiger partial charge in [0.2, 0.25) is 0 Å². The van der Waals surface area contributed by atoms with Crippen molar-refractivity contribution < 1.29 is 4.79 Å². The third-order valence-electron chi connectivity index (χ3n) is 3.51. The van der Waals surface area contributed by atoms with Gasteiger partial charge in [-0.25, -0.2) is 4.98 Å². The van der Waals surface area contributed by atoms with E-state index in [0.717, 1.165) is 12.8 Å². The molecule has 0 radical (unpaired) electrons. The number of nitrogens with two attached hydrogens (primary N) is 1. The third kappa shape index (κ3) is 2.47. The molecule has 1 aliphatic rings. The summed E-state index contributed by atoms with van der Waals surface area (Å²) in [5.41, 5.74) is 8.54. The highest BCUT2D eigenvalue weighted by Crippen LogP contribution is 2.23. The lowest BCUT2D eigenvalue weighted by molar-refractivity contribution is 0.0938. The lowest BCUT2D eigenvalue weighted by atomic mass is 10.1. The maximum atomic E-state index is 12.2. The average Bonchev–Trinajstić information content (AvgIpc) is 2.83. The Kier molecular flexibility index (Phi) is 3.32. The molecular weight excluding hydrogens is 274 g/mol. The van der Waals surface area contributed by atoms with E-state index >= 15 is 0 Å². The fourth-order valence-corrected chi connectivity index (χ4v) is 2.74. The molecule has 0 fully saturated rings. The van der Waals surface area contributed by atoms with Crippen LogP contribution in [-0.4, -0.2) is 16.9 Å². The molecule has 0 spiro atoms. The number of fused-ring (bicyclic) bond motifs is 1. The van der Waals surface area contributed by atoms with E-state index in [9.17, 15) is 4.79 Å². The van der Waals surface area contributed by atoms with Crippen LogP contribution in [-0.2, 0) is 12.8 Å². The van der Waals surface area contributed by atoms with Gasteiger partial charge in [0.25, 0.3) is 5.91 Å². The molecule has 1 aromatic heterocycles. The maximum Gasteiger partial charge on any atom is 0.253 e. The van der Waals surface area contributed by atoms with Crippen molar-refractivity contribution >= 4 is 23.3 Å². The van der Waals surface area contributed by atoms with Crippen molar-refractivity contribution in [2.45, 2.75) is 18.9 Å². The number of rotatable bonds is 2. The standard InChI is InChI=1S/C15H14ClN3O/c16-13-8-18-14(17)7-12(13)15(20)19-11-5-9-3-1-2-4-10(9)6-11/h1-4,7-8,11H,5-6H2,(H2,17,18)(H,19,20). The first-order chi connectivity index (χ1) is 9.63. The summed E-state index contributed by atoms with van der Waals surface area (Å²) in [5.74, 6) is 0.0798. The van der Waals surface area contributed by atoms with Gasteiger partial charge in [-0.05, 0) is 30.0 Å². The molecule has 0 saturated heterocycles. The monoisotopic (exact) mass is 287 g/mol. The maximum absolute atomic E-state index is 12.2. The molecule has 3 N–H and O–H groups in total. The van der Waals surface area contributed by atoms with Crippen molar-refractivity contribution in [2.75, 3.05) is 5.73 Å². The van der Waals surface area contributed by atoms with Crippen LogP contribution in [0.25, 0.3) is 0 Å². The summed E-state index contributed by atoms with van der Waals surface area (Å²) in [7, 11) is 0. The van der Waals surface area contributed by atoms with E-state index in [0.29, 0.717) is 10.6 Å². The number of nitrogens with zero attached hydrogens (tertiary/aromatic N) is 1. The molecule has 3 rings (SSSR count). The van der Waals surface area contributed by atoms with E-state index in [-0.39, 0.29) is 17.8 Å². The summed E-state index contributed by atoms with van der Waals surface area (Å²) < 4.78 is 0. The van der Waals surface area contributed by atoms with Crippen LogP contribution in [0.3, 0.4) is 0 Å². The highest BCUT2D eigenvalue weighted by atomic mass is 35.5. The minimum absolute atomic E-state index is 0.102. The second kappa shape index (κ2) is 5.13. The first-order valence-corrected chi connectivity index (χ1v) is 6.80. The van der Waals surface area contributed by atoms with Crippen LogP contribution < -0.4 is 11.1 Å². The van der Waals surface area contributed by atoms with Crippen LogP contribution in [0.15, 0.2) is 36.5 Å². The Morgan fingerprint density at radius 3 is 2.60 bits per heavy atom. The SMILES string of the molecule is Nc1cc(C(=O)NC2Cc3ccccc3C2)c(Cl)cn1. The van der Waals surface area contributed by atoms with E-state index < -0.39 is 0 Å². The number of benzene rings is 1. The molecule has 0 aliphatic heterocycles. The fraction of sp³-hybridized carbons (Fsp3) is 0.200. The Hall–Kier alpha value is -2.07. The van der Waals surface area contributed by atoms with Crippen LogP contribution in [0.1, 0.15) is 21.5 Å². The summed E-state index contributed by atoms with van der Waals surface area (Å²) in [4.78, 5) is 16.1. The smallest absolute Gasteiger partial charge is 0.253 e. The van der Waals surface area contributed by atoms with Gasteiger partial charge >= 0.3 is 0 Å². The molecule has 1 amide bonds. The number of anilines is 1. The van der Waals surface area contributed by atoms with E-state index in [4.69, 9.17) is 17.3 Å². The molecule has 1 heterocycles. The molecule has 0 bridgehead atoms. The Morgan fingerprint density at radius 2 is 1.95 bits per heavy atom. The highest BCUT2D eigenvalue weighted by molar-refractivity contribution is 6.33. The molecular formula is C15H14ClN3O. The highest BCUT2D eigenvalue weighted by Gasteiger charge is 2.23. The molecule has 1 aromatic carbocycles.